The van der Waals surface area contributed by atoms with Crippen molar-refractivity contribution in [1.29, 1.82) is 0 Å². The molecule has 1 fully saturated rings. The van der Waals surface area contributed by atoms with Gasteiger partial charge in [-0.1, -0.05) is 0 Å². The molecule has 0 bridgehead atoms. The lowest BCUT2D eigenvalue weighted by Crippen LogP contribution is -2.47. The Morgan fingerprint density at radius 1 is 1.29 bits per heavy atom. The second kappa shape index (κ2) is 5.17. The van der Waals surface area contributed by atoms with Gasteiger partial charge in [0, 0.05) is 45.8 Å². The molecule has 2 heterocycles. The van der Waals surface area contributed by atoms with Crippen LogP contribution >= 0.6 is 0 Å². The number of hydrogen-bond donors (Lipinski definition) is 3. The molecule has 0 radical (unpaired) electrons. The van der Waals surface area contributed by atoms with Crippen LogP contribution in [0.3, 0.4) is 0 Å². The largest absolute Gasteiger partial charge is 0.355 e. The molecule has 1 saturated heterocycles. The first-order valence-corrected chi connectivity index (χ1v) is 5.40. The van der Waals surface area contributed by atoms with E-state index >= 15 is 0 Å². The number of guanidine groups is 1. The first-order chi connectivity index (χ1) is 6.95. The molecule has 0 amide bonds. The quantitative estimate of drug-likeness (QED) is 0.512. The number of rotatable bonds is 3. The molecule has 5 nitrogen and oxygen atoms in total. The lowest BCUT2D eigenvalue weighted by atomic mass is 10.3. The number of piperazine rings is 1. The van der Waals surface area contributed by atoms with E-state index in [1.54, 1.807) is 0 Å². The van der Waals surface area contributed by atoms with Crippen LogP contribution in [0.4, 0.5) is 0 Å². The fourth-order valence-corrected chi connectivity index (χ4v) is 1.78. The highest BCUT2D eigenvalue weighted by Crippen LogP contribution is 1.90. The van der Waals surface area contributed by atoms with Gasteiger partial charge in [-0.3, -0.25) is 9.89 Å². The molecule has 14 heavy (non-hydrogen) atoms. The first-order valence-electron chi connectivity index (χ1n) is 5.40. The van der Waals surface area contributed by atoms with Gasteiger partial charge in [0.1, 0.15) is 0 Å². The molecule has 0 aromatic rings. The number of aliphatic imine (C=N–C) groups is 1. The van der Waals surface area contributed by atoms with Gasteiger partial charge in [0.25, 0.3) is 0 Å². The van der Waals surface area contributed by atoms with Crippen LogP contribution in [-0.4, -0.2) is 63.2 Å². The van der Waals surface area contributed by atoms with Gasteiger partial charge >= 0.3 is 0 Å². The predicted octanol–water partition coefficient (Wildman–Crippen LogP) is -1.56. The Hall–Kier alpha value is -0.810. The fraction of sp³-hybridized carbons (Fsp3) is 0.889. The van der Waals surface area contributed by atoms with E-state index in [0.29, 0.717) is 0 Å². The van der Waals surface area contributed by atoms with Crippen molar-refractivity contribution in [1.82, 2.24) is 20.9 Å². The van der Waals surface area contributed by atoms with Crippen molar-refractivity contribution in [3.8, 4) is 0 Å². The van der Waals surface area contributed by atoms with E-state index in [1.165, 1.54) is 13.1 Å². The van der Waals surface area contributed by atoms with Crippen LogP contribution < -0.4 is 16.0 Å². The molecule has 0 aromatic carbocycles. The minimum absolute atomic E-state index is 0.913. The summed E-state index contributed by atoms with van der Waals surface area (Å²) in [5.41, 5.74) is 0. The van der Waals surface area contributed by atoms with Gasteiger partial charge in [-0.05, 0) is 0 Å². The Labute approximate surface area is 85.0 Å². The third-order valence-electron chi connectivity index (χ3n) is 2.60. The average Bonchev–Trinajstić information content (AvgIpc) is 2.72. The summed E-state index contributed by atoms with van der Waals surface area (Å²) in [6.07, 6.45) is 0. The van der Waals surface area contributed by atoms with Crippen molar-refractivity contribution in [3.63, 3.8) is 0 Å². The Kier molecular flexibility index (Phi) is 3.59. The van der Waals surface area contributed by atoms with Gasteiger partial charge in [-0.2, -0.15) is 0 Å². The molecule has 0 saturated carbocycles. The van der Waals surface area contributed by atoms with Crippen LogP contribution in [0.5, 0.6) is 0 Å². The molecule has 0 aromatic heterocycles. The molecule has 3 N–H and O–H groups in total. The molecule has 5 heteroatoms. The second-order valence-corrected chi connectivity index (χ2v) is 3.68. The zero-order chi connectivity index (χ0) is 9.64. The van der Waals surface area contributed by atoms with Gasteiger partial charge in [0.05, 0.1) is 6.54 Å². The fourth-order valence-electron chi connectivity index (χ4n) is 1.78. The summed E-state index contributed by atoms with van der Waals surface area (Å²) in [5, 5.41) is 9.86. The van der Waals surface area contributed by atoms with Crippen molar-refractivity contribution in [3.05, 3.63) is 0 Å². The van der Waals surface area contributed by atoms with Crippen molar-refractivity contribution in [2.24, 2.45) is 4.99 Å². The van der Waals surface area contributed by atoms with Crippen LogP contribution in [0.15, 0.2) is 4.99 Å². The van der Waals surface area contributed by atoms with E-state index in [0.717, 1.165) is 45.2 Å². The van der Waals surface area contributed by atoms with Crippen molar-refractivity contribution < 1.29 is 0 Å². The highest BCUT2D eigenvalue weighted by Gasteiger charge is 2.09. The van der Waals surface area contributed by atoms with Gasteiger partial charge < -0.3 is 16.0 Å². The summed E-state index contributed by atoms with van der Waals surface area (Å²) in [6, 6.07) is 0. The third-order valence-corrected chi connectivity index (χ3v) is 2.60. The summed E-state index contributed by atoms with van der Waals surface area (Å²) in [5.74, 6) is 0.972. The average molecular weight is 197 g/mol. The maximum absolute atomic E-state index is 4.28. The monoisotopic (exact) mass is 197 g/mol. The lowest BCUT2D eigenvalue weighted by molar-refractivity contribution is 0.244. The molecular formula is C9H19N5. The summed E-state index contributed by atoms with van der Waals surface area (Å²) >= 11 is 0. The normalized spacial score (nSPS) is 23.0. The Morgan fingerprint density at radius 3 is 2.86 bits per heavy atom. The standard InChI is InChI=1S/C9H19N5/c1-2-12-9(11-1)13-5-8-14-6-3-10-4-7-14/h10H,1-8H2,(H2,11,12,13). The number of hydrogen-bond acceptors (Lipinski definition) is 5. The summed E-state index contributed by atoms with van der Waals surface area (Å²) in [6.45, 7) is 8.59. The zero-order valence-corrected chi connectivity index (χ0v) is 8.55. The van der Waals surface area contributed by atoms with Crippen LogP contribution in [-0.2, 0) is 0 Å². The maximum atomic E-state index is 4.28. The second-order valence-electron chi connectivity index (χ2n) is 3.68. The number of nitrogens with one attached hydrogen (secondary N) is 3. The van der Waals surface area contributed by atoms with Crippen LogP contribution in [0.1, 0.15) is 0 Å². The smallest absolute Gasteiger partial charge is 0.191 e. The molecule has 0 spiro atoms. The minimum atomic E-state index is 0.913. The van der Waals surface area contributed by atoms with E-state index in [9.17, 15) is 0 Å². The zero-order valence-electron chi connectivity index (χ0n) is 8.55. The SMILES string of the molecule is C1CNC(NCCN2CCNCC2)=N1. The summed E-state index contributed by atoms with van der Waals surface area (Å²) in [4.78, 5) is 6.75. The maximum Gasteiger partial charge on any atom is 0.191 e. The summed E-state index contributed by atoms with van der Waals surface area (Å²) in [7, 11) is 0. The molecule has 2 rings (SSSR count). The van der Waals surface area contributed by atoms with Gasteiger partial charge in [-0.15, -0.1) is 0 Å². The third kappa shape index (κ3) is 2.85. The minimum Gasteiger partial charge on any atom is -0.355 e. The molecule has 0 atom stereocenters. The first kappa shape index (κ1) is 9.73. The highest BCUT2D eigenvalue weighted by molar-refractivity contribution is 5.81. The van der Waals surface area contributed by atoms with Crippen molar-refractivity contribution >= 4 is 5.96 Å². The summed E-state index contributed by atoms with van der Waals surface area (Å²) < 4.78 is 0. The van der Waals surface area contributed by atoms with E-state index in [2.05, 4.69) is 25.8 Å². The highest BCUT2D eigenvalue weighted by atomic mass is 15.2. The van der Waals surface area contributed by atoms with E-state index in [-0.39, 0.29) is 0 Å². The van der Waals surface area contributed by atoms with Crippen LogP contribution in [0.25, 0.3) is 0 Å². The molecule has 2 aliphatic heterocycles. The van der Waals surface area contributed by atoms with Crippen molar-refractivity contribution in [2.75, 3.05) is 52.4 Å². The van der Waals surface area contributed by atoms with Crippen LogP contribution in [0.2, 0.25) is 0 Å². The van der Waals surface area contributed by atoms with Gasteiger partial charge in [0.2, 0.25) is 0 Å². The van der Waals surface area contributed by atoms with Gasteiger partial charge in [0.15, 0.2) is 5.96 Å². The molecule has 2 aliphatic rings. The molecule has 0 aliphatic carbocycles. The van der Waals surface area contributed by atoms with Crippen LogP contribution in [0, 0.1) is 0 Å². The Balaban J connectivity index is 1.57. The van der Waals surface area contributed by atoms with E-state index in [4.69, 9.17) is 0 Å². The topological polar surface area (TPSA) is 51.7 Å². The number of nitrogens with zero attached hydrogens (tertiary/aromatic N) is 2. The molecule has 0 unspecified atom stereocenters. The molecule has 80 valence electrons. The predicted molar refractivity (Wildman–Crippen MR) is 57.6 cm³/mol. The lowest BCUT2D eigenvalue weighted by Gasteiger charge is -2.27. The molecular weight excluding hydrogens is 178 g/mol. The van der Waals surface area contributed by atoms with Gasteiger partial charge in [-0.25, -0.2) is 0 Å². The van der Waals surface area contributed by atoms with E-state index in [1.807, 2.05) is 0 Å². The Morgan fingerprint density at radius 2 is 2.14 bits per heavy atom. The van der Waals surface area contributed by atoms with Crippen molar-refractivity contribution in [2.45, 2.75) is 0 Å². The van der Waals surface area contributed by atoms with E-state index < -0.39 is 0 Å². The Bertz CT molecular complexity index is 197.